The summed E-state index contributed by atoms with van der Waals surface area (Å²) in [6.07, 6.45) is 0. The summed E-state index contributed by atoms with van der Waals surface area (Å²) in [5.41, 5.74) is 7.58. The van der Waals surface area contributed by atoms with Gasteiger partial charge in [-0.2, -0.15) is 0 Å². The molecule has 0 unspecified atom stereocenters. The summed E-state index contributed by atoms with van der Waals surface area (Å²) < 4.78 is 0. The molecule has 0 radical (unpaired) electrons. The summed E-state index contributed by atoms with van der Waals surface area (Å²) in [4.78, 5) is 4.27. The van der Waals surface area contributed by atoms with E-state index < -0.39 is 0 Å². The second-order valence-corrected chi connectivity index (χ2v) is 2.40. The highest BCUT2D eigenvalue weighted by Crippen LogP contribution is 2.08. The third-order valence-corrected chi connectivity index (χ3v) is 1.67. The quantitative estimate of drug-likeness (QED) is 0.660. The first kappa shape index (κ1) is 8.01. The van der Waals surface area contributed by atoms with Crippen molar-refractivity contribution in [3.8, 4) is 0 Å². The van der Waals surface area contributed by atoms with E-state index in [1.165, 1.54) is 0 Å². The third-order valence-electron chi connectivity index (χ3n) is 1.67. The molecule has 0 saturated heterocycles. The lowest BCUT2D eigenvalue weighted by Gasteiger charge is -2.04. The number of aromatic nitrogens is 1. The van der Waals surface area contributed by atoms with E-state index in [0.717, 1.165) is 17.1 Å². The van der Waals surface area contributed by atoms with E-state index in [1.54, 1.807) is 0 Å². The fraction of sp³-hybridized carbons (Fsp3) is 0.375. The Balaban J connectivity index is 2.99. The molecule has 0 spiro atoms. The number of hydrogen-bond donors (Lipinski definition) is 2. The Morgan fingerprint density at radius 1 is 1.55 bits per heavy atom. The molecule has 1 aromatic rings. The van der Waals surface area contributed by atoms with Crippen molar-refractivity contribution in [3.63, 3.8) is 0 Å². The molecule has 0 aromatic carbocycles. The first-order chi connectivity index (χ1) is 5.27. The predicted octanol–water partition coefficient (Wildman–Crippen LogP) is 0.890. The lowest BCUT2D eigenvalue weighted by molar-refractivity contribution is 1.01. The van der Waals surface area contributed by atoms with E-state index in [4.69, 9.17) is 5.73 Å². The Labute approximate surface area is 66.6 Å². The number of nitrogens with zero attached hydrogens (tertiary/aromatic N) is 1. The van der Waals surface area contributed by atoms with Gasteiger partial charge in [0.2, 0.25) is 0 Å². The van der Waals surface area contributed by atoms with Crippen molar-refractivity contribution in [1.82, 2.24) is 4.98 Å². The van der Waals surface area contributed by atoms with Crippen LogP contribution in [0.25, 0.3) is 0 Å². The molecule has 11 heavy (non-hydrogen) atoms. The summed E-state index contributed by atoms with van der Waals surface area (Å²) in [5.74, 6) is 0.889. The highest BCUT2D eigenvalue weighted by atomic mass is 15.0. The molecule has 0 fully saturated rings. The highest BCUT2D eigenvalue weighted by molar-refractivity contribution is 5.37. The maximum absolute atomic E-state index is 5.48. The minimum atomic E-state index is 0.558. The lowest BCUT2D eigenvalue weighted by Crippen LogP contribution is -2.02. The molecule has 0 aliphatic carbocycles. The zero-order valence-corrected chi connectivity index (χ0v) is 6.89. The summed E-state index contributed by atoms with van der Waals surface area (Å²) in [5, 5.41) is 2.97. The standard InChI is InChI=1S/C8H13N3/c1-6-7(5-9)3-4-8(10-2)11-6/h3-4H,5,9H2,1-2H3,(H,10,11). The van der Waals surface area contributed by atoms with Crippen LogP contribution in [0.4, 0.5) is 5.82 Å². The number of hydrogen-bond acceptors (Lipinski definition) is 3. The van der Waals surface area contributed by atoms with Crippen molar-refractivity contribution < 1.29 is 0 Å². The SMILES string of the molecule is CNc1ccc(CN)c(C)n1. The number of pyridine rings is 1. The van der Waals surface area contributed by atoms with Gasteiger partial charge in [0.1, 0.15) is 5.82 Å². The van der Waals surface area contributed by atoms with E-state index in [0.29, 0.717) is 6.54 Å². The molecule has 1 heterocycles. The van der Waals surface area contributed by atoms with Gasteiger partial charge in [0.25, 0.3) is 0 Å². The van der Waals surface area contributed by atoms with Gasteiger partial charge in [0.05, 0.1) is 0 Å². The van der Waals surface area contributed by atoms with Gasteiger partial charge in [0, 0.05) is 19.3 Å². The van der Waals surface area contributed by atoms with Crippen LogP contribution in [0.3, 0.4) is 0 Å². The molecule has 0 atom stereocenters. The number of nitrogens with two attached hydrogens (primary N) is 1. The molecule has 3 heteroatoms. The van der Waals surface area contributed by atoms with Gasteiger partial charge in [-0.15, -0.1) is 0 Å². The van der Waals surface area contributed by atoms with E-state index in [1.807, 2.05) is 26.1 Å². The summed E-state index contributed by atoms with van der Waals surface area (Å²) >= 11 is 0. The van der Waals surface area contributed by atoms with Crippen LogP contribution in [-0.4, -0.2) is 12.0 Å². The van der Waals surface area contributed by atoms with Gasteiger partial charge < -0.3 is 11.1 Å². The molecule has 1 aromatic heterocycles. The zero-order chi connectivity index (χ0) is 8.27. The number of rotatable bonds is 2. The van der Waals surface area contributed by atoms with Crippen LogP contribution in [0.5, 0.6) is 0 Å². The topological polar surface area (TPSA) is 50.9 Å². The molecule has 0 saturated carbocycles. The first-order valence-electron chi connectivity index (χ1n) is 3.62. The fourth-order valence-electron chi connectivity index (χ4n) is 0.945. The third kappa shape index (κ3) is 1.68. The van der Waals surface area contributed by atoms with Crippen LogP contribution in [0, 0.1) is 6.92 Å². The normalized spacial score (nSPS) is 9.73. The van der Waals surface area contributed by atoms with Crippen molar-refractivity contribution in [1.29, 1.82) is 0 Å². The van der Waals surface area contributed by atoms with Gasteiger partial charge in [-0.3, -0.25) is 0 Å². The van der Waals surface area contributed by atoms with E-state index in [9.17, 15) is 0 Å². The number of nitrogens with one attached hydrogen (secondary N) is 1. The number of aryl methyl sites for hydroxylation is 1. The molecule has 0 aliphatic heterocycles. The average molecular weight is 151 g/mol. The maximum atomic E-state index is 5.48. The molecular formula is C8H13N3. The Hall–Kier alpha value is -1.09. The monoisotopic (exact) mass is 151 g/mol. The Morgan fingerprint density at radius 2 is 2.27 bits per heavy atom. The van der Waals surface area contributed by atoms with Crippen molar-refractivity contribution >= 4 is 5.82 Å². The first-order valence-corrected chi connectivity index (χ1v) is 3.62. The Kier molecular flexibility index (Phi) is 2.44. The molecule has 0 amide bonds. The fourth-order valence-corrected chi connectivity index (χ4v) is 0.945. The molecule has 3 nitrogen and oxygen atoms in total. The van der Waals surface area contributed by atoms with Gasteiger partial charge in [-0.1, -0.05) is 6.07 Å². The minimum absolute atomic E-state index is 0.558. The molecule has 0 aliphatic rings. The Bertz CT molecular complexity index is 245. The molecule has 3 N–H and O–H groups in total. The highest BCUT2D eigenvalue weighted by Gasteiger charge is 1.97. The van der Waals surface area contributed by atoms with E-state index in [2.05, 4.69) is 10.3 Å². The second-order valence-electron chi connectivity index (χ2n) is 2.40. The largest absolute Gasteiger partial charge is 0.373 e. The van der Waals surface area contributed by atoms with Crippen LogP contribution in [0.15, 0.2) is 12.1 Å². The number of anilines is 1. The Morgan fingerprint density at radius 3 is 2.73 bits per heavy atom. The summed E-state index contributed by atoms with van der Waals surface area (Å²) in [6.45, 7) is 2.52. The van der Waals surface area contributed by atoms with Gasteiger partial charge in [-0.05, 0) is 18.6 Å². The predicted molar refractivity (Wildman–Crippen MR) is 46.4 cm³/mol. The second kappa shape index (κ2) is 3.34. The van der Waals surface area contributed by atoms with Crippen LogP contribution in [-0.2, 0) is 6.54 Å². The van der Waals surface area contributed by atoms with E-state index in [-0.39, 0.29) is 0 Å². The molecule has 1 rings (SSSR count). The van der Waals surface area contributed by atoms with Crippen molar-refractivity contribution in [2.24, 2.45) is 5.73 Å². The van der Waals surface area contributed by atoms with Crippen LogP contribution in [0.1, 0.15) is 11.3 Å². The van der Waals surface area contributed by atoms with Gasteiger partial charge in [0.15, 0.2) is 0 Å². The minimum Gasteiger partial charge on any atom is -0.373 e. The maximum Gasteiger partial charge on any atom is 0.125 e. The van der Waals surface area contributed by atoms with Crippen LogP contribution < -0.4 is 11.1 Å². The average Bonchev–Trinajstić information content (AvgIpc) is 2.04. The molecule has 60 valence electrons. The van der Waals surface area contributed by atoms with Gasteiger partial charge >= 0.3 is 0 Å². The van der Waals surface area contributed by atoms with Crippen molar-refractivity contribution in [2.45, 2.75) is 13.5 Å². The van der Waals surface area contributed by atoms with E-state index >= 15 is 0 Å². The smallest absolute Gasteiger partial charge is 0.125 e. The molecule has 0 bridgehead atoms. The lowest BCUT2D eigenvalue weighted by atomic mass is 10.2. The van der Waals surface area contributed by atoms with Crippen LogP contribution >= 0.6 is 0 Å². The summed E-state index contributed by atoms with van der Waals surface area (Å²) in [6, 6.07) is 3.92. The van der Waals surface area contributed by atoms with Crippen LogP contribution in [0.2, 0.25) is 0 Å². The molecular weight excluding hydrogens is 138 g/mol. The summed E-state index contributed by atoms with van der Waals surface area (Å²) in [7, 11) is 1.85. The van der Waals surface area contributed by atoms with Gasteiger partial charge in [-0.25, -0.2) is 4.98 Å². The van der Waals surface area contributed by atoms with Crippen molar-refractivity contribution in [2.75, 3.05) is 12.4 Å². The van der Waals surface area contributed by atoms with Crippen molar-refractivity contribution in [3.05, 3.63) is 23.4 Å². The zero-order valence-electron chi connectivity index (χ0n) is 6.89.